The van der Waals surface area contributed by atoms with Crippen molar-refractivity contribution in [3.8, 4) is 0 Å². The number of carbonyl (C=O) groups is 1. The highest BCUT2D eigenvalue weighted by atomic mass is 16.3. The lowest BCUT2D eigenvalue weighted by Crippen LogP contribution is -1.91. The maximum atomic E-state index is 10.7. The van der Waals surface area contributed by atoms with Crippen molar-refractivity contribution >= 4 is 6.29 Å². The molecule has 0 amide bonds. The van der Waals surface area contributed by atoms with Crippen LogP contribution in [0.3, 0.4) is 0 Å². The summed E-state index contributed by atoms with van der Waals surface area (Å²) >= 11 is 0. The quantitative estimate of drug-likeness (QED) is 0.311. The first-order valence-electron chi connectivity index (χ1n) is 4.25. The van der Waals surface area contributed by atoms with Crippen LogP contribution in [0.2, 0.25) is 0 Å². The molecule has 0 aromatic rings. The SMILES string of the molecule is C=C/C=C(/C=O)C(=C)C(=C)/C=C\C(=C)O. The van der Waals surface area contributed by atoms with Crippen molar-refractivity contribution in [2.24, 2.45) is 0 Å². The van der Waals surface area contributed by atoms with Gasteiger partial charge in [-0.25, -0.2) is 0 Å². The van der Waals surface area contributed by atoms with Gasteiger partial charge in [-0.05, 0) is 17.2 Å². The third kappa shape index (κ3) is 4.62. The van der Waals surface area contributed by atoms with Gasteiger partial charge in [-0.1, -0.05) is 44.5 Å². The van der Waals surface area contributed by atoms with Crippen molar-refractivity contribution in [3.05, 3.63) is 73.1 Å². The lowest BCUT2D eigenvalue weighted by atomic mass is 10.0. The Morgan fingerprint density at radius 2 is 1.73 bits per heavy atom. The lowest BCUT2D eigenvalue weighted by molar-refractivity contribution is -0.104. The summed E-state index contributed by atoms with van der Waals surface area (Å²) in [7, 11) is 0. The summed E-state index contributed by atoms with van der Waals surface area (Å²) in [5.74, 6) is -0.0793. The van der Waals surface area contributed by atoms with Crippen LogP contribution in [0, 0.1) is 0 Å². The Morgan fingerprint density at radius 3 is 2.13 bits per heavy atom. The van der Waals surface area contributed by atoms with Crippen LogP contribution in [0.1, 0.15) is 0 Å². The van der Waals surface area contributed by atoms with Crippen LogP contribution in [0.4, 0.5) is 0 Å². The average molecular weight is 202 g/mol. The molecular weight excluding hydrogens is 188 g/mol. The van der Waals surface area contributed by atoms with Crippen molar-refractivity contribution in [1.82, 2.24) is 0 Å². The summed E-state index contributed by atoms with van der Waals surface area (Å²) in [6.45, 7) is 14.2. The van der Waals surface area contributed by atoms with Gasteiger partial charge in [-0.2, -0.15) is 0 Å². The Balaban J connectivity index is 4.78. The monoisotopic (exact) mass is 202 g/mol. The first-order chi connectivity index (χ1) is 7.02. The van der Waals surface area contributed by atoms with Crippen LogP contribution >= 0.6 is 0 Å². The minimum atomic E-state index is -0.0793. The first-order valence-corrected chi connectivity index (χ1v) is 4.25. The van der Waals surface area contributed by atoms with Gasteiger partial charge in [0.15, 0.2) is 6.29 Å². The highest BCUT2D eigenvalue weighted by Crippen LogP contribution is 2.15. The molecule has 0 unspecified atom stereocenters. The summed E-state index contributed by atoms with van der Waals surface area (Å²) in [4.78, 5) is 10.7. The molecule has 0 radical (unpaired) electrons. The second-order valence-corrected chi connectivity index (χ2v) is 2.80. The van der Waals surface area contributed by atoms with Crippen LogP contribution < -0.4 is 0 Å². The molecule has 0 saturated carbocycles. The minimum absolute atomic E-state index is 0.0793. The van der Waals surface area contributed by atoms with E-state index in [1.165, 1.54) is 18.2 Å². The topological polar surface area (TPSA) is 37.3 Å². The fourth-order valence-electron chi connectivity index (χ4n) is 0.821. The Morgan fingerprint density at radius 1 is 1.13 bits per heavy atom. The van der Waals surface area contributed by atoms with E-state index in [4.69, 9.17) is 5.11 Å². The van der Waals surface area contributed by atoms with E-state index < -0.39 is 0 Å². The molecule has 0 aliphatic heterocycles. The maximum absolute atomic E-state index is 10.7. The number of hydrogen-bond donors (Lipinski definition) is 1. The molecule has 2 nitrogen and oxygen atoms in total. The predicted octanol–water partition coefficient (Wildman–Crippen LogP) is 3.04. The smallest absolute Gasteiger partial charge is 0.150 e. The van der Waals surface area contributed by atoms with E-state index >= 15 is 0 Å². The maximum Gasteiger partial charge on any atom is 0.150 e. The van der Waals surface area contributed by atoms with Crippen LogP contribution in [0.15, 0.2) is 73.1 Å². The predicted molar refractivity (Wildman–Crippen MR) is 63.5 cm³/mol. The van der Waals surface area contributed by atoms with E-state index in [0.717, 1.165) is 0 Å². The lowest BCUT2D eigenvalue weighted by Gasteiger charge is -2.03. The number of aliphatic hydroxyl groups excluding tert-OH is 1. The molecule has 0 aromatic heterocycles. The van der Waals surface area contributed by atoms with Gasteiger partial charge < -0.3 is 5.11 Å². The standard InChI is InChI=1S/C13H14O2/c1-5-6-13(9-14)12(4)10(2)7-8-11(3)15/h5-9,15H,1-4H2/b8-7-,13-6-. The largest absolute Gasteiger partial charge is 0.509 e. The molecule has 0 bridgehead atoms. The molecular formula is C13H14O2. The molecule has 15 heavy (non-hydrogen) atoms. The van der Waals surface area contributed by atoms with E-state index in [1.54, 1.807) is 6.08 Å². The number of aldehydes is 1. The van der Waals surface area contributed by atoms with Gasteiger partial charge in [-0.15, -0.1) is 0 Å². The first kappa shape index (κ1) is 12.9. The molecule has 0 aromatic carbocycles. The van der Waals surface area contributed by atoms with Crippen LogP contribution in [-0.4, -0.2) is 11.4 Å². The zero-order valence-electron chi connectivity index (χ0n) is 8.57. The Bertz CT molecular complexity index is 368. The Kier molecular flexibility index (Phi) is 5.49. The number of allylic oxidation sites excluding steroid dienone is 7. The van der Waals surface area contributed by atoms with Crippen molar-refractivity contribution in [2.45, 2.75) is 0 Å². The number of hydrogen-bond acceptors (Lipinski definition) is 2. The van der Waals surface area contributed by atoms with Crippen molar-refractivity contribution < 1.29 is 9.90 Å². The van der Waals surface area contributed by atoms with Gasteiger partial charge in [0.1, 0.15) is 5.76 Å². The van der Waals surface area contributed by atoms with Crippen LogP contribution in [-0.2, 0) is 4.79 Å². The third-order valence-electron chi connectivity index (χ3n) is 1.64. The zero-order valence-corrected chi connectivity index (χ0v) is 8.57. The van der Waals surface area contributed by atoms with Crippen molar-refractivity contribution in [2.75, 3.05) is 0 Å². The van der Waals surface area contributed by atoms with Gasteiger partial charge >= 0.3 is 0 Å². The molecule has 0 rings (SSSR count). The molecule has 1 N–H and O–H groups in total. The minimum Gasteiger partial charge on any atom is -0.509 e. The molecule has 2 heteroatoms. The van der Waals surface area contributed by atoms with Crippen LogP contribution in [0.25, 0.3) is 0 Å². The Hall–Kier alpha value is -2.09. The molecule has 0 atom stereocenters. The fourth-order valence-corrected chi connectivity index (χ4v) is 0.821. The number of carbonyl (C=O) groups excluding carboxylic acids is 1. The van der Waals surface area contributed by atoms with E-state index in [-0.39, 0.29) is 5.76 Å². The van der Waals surface area contributed by atoms with E-state index in [2.05, 4.69) is 26.3 Å². The average Bonchev–Trinajstić information content (AvgIpc) is 2.21. The molecule has 0 aliphatic carbocycles. The zero-order chi connectivity index (χ0) is 11.8. The highest BCUT2D eigenvalue weighted by Gasteiger charge is 2.02. The van der Waals surface area contributed by atoms with Gasteiger partial charge in [0.05, 0.1) is 0 Å². The van der Waals surface area contributed by atoms with Gasteiger partial charge in [0.25, 0.3) is 0 Å². The molecule has 0 heterocycles. The number of rotatable bonds is 6. The second-order valence-electron chi connectivity index (χ2n) is 2.80. The second kappa shape index (κ2) is 6.38. The van der Waals surface area contributed by atoms with E-state index in [1.807, 2.05) is 0 Å². The summed E-state index contributed by atoms with van der Waals surface area (Å²) in [6, 6.07) is 0. The Labute approximate surface area is 89.9 Å². The van der Waals surface area contributed by atoms with Crippen molar-refractivity contribution in [1.29, 1.82) is 0 Å². The fraction of sp³-hybridized carbons (Fsp3) is 0. The summed E-state index contributed by atoms with van der Waals surface area (Å²) in [5.41, 5.74) is 1.43. The van der Waals surface area contributed by atoms with Gasteiger partial charge in [0, 0.05) is 5.57 Å². The summed E-state index contributed by atoms with van der Waals surface area (Å²) < 4.78 is 0. The molecule has 0 saturated heterocycles. The third-order valence-corrected chi connectivity index (χ3v) is 1.64. The highest BCUT2D eigenvalue weighted by molar-refractivity contribution is 5.83. The van der Waals surface area contributed by atoms with Gasteiger partial charge in [-0.3, -0.25) is 4.79 Å². The normalized spacial score (nSPS) is 11.1. The number of aliphatic hydroxyl groups is 1. The van der Waals surface area contributed by atoms with E-state index in [9.17, 15) is 4.79 Å². The van der Waals surface area contributed by atoms with E-state index in [0.29, 0.717) is 23.0 Å². The van der Waals surface area contributed by atoms with Crippen LogP contribution in [0.5, 0.6) is 0 Å². The van der Waals surface area contributed by atoms with Crippen molar-refractivity contribution in [3.63, 3.8) is 0 Å². The summed E-state index contributed by atoms with van der Waals surface area (Å²) in [6.07, 6.45) is 6.63. The molecule has 0 spiro atoms. The molecule has 78 valence electrons. The summed E-state index contributed by atoms with van der Waals surface area (Å²) in [5, 5.41) is 8.83. The molecule has 0 fully saturated rings. The molecule has 0 aliphatic rings. The van der Waals surface area contributed by atoms with Gasteiger partial charge in [0.2, 0.25) is 0 Å².